The first kappa shape index (κ1) is 24.5. The Bertz CT molecular complexity index is 1160. The summed E-state index contributed by atoms with van der Waals surface area (Å²) in [6.07, 6.45) is 3.82. The number of methoxy groups -OCH3 is 1. The Hall–Kier alpha value is -3.65. The predicted molar refractivity (Wildman–Crippen MR) is 130 cm³/mol. The number of halogens is 1. The van der Waals surface area contributed by atoms with Gasteiger partial charge in [0.2, 0.25) is 0 Å². The van der Waals surface area contributed by atoms with Crippen LogP contribution in [-0.4, -0.2) is 66.5 Å². The molecule has 2 fully saturated rings. The van der Waals surface area contributed by atoms with Crippen LogP contribution in [0.4, 0.5) is 4.39 Å². The Labute approximate surface area is 204 Å². The average Bonchev–Trinajstić information content (AvgIpc) is 3.47. The molecule has 1 unspecified atom stereocenters. The standard InChI is InChI=1S/C27H29FN2O5/c1-3-15-35-20-8-6-7-18(16-20)24-23(25(31)21-17-19(28)9-10-22(21)34-2)26(32)27(33)30(24)14-13-29-11-4-5-12-29/h3,6-10,16-17,24,31H,1,4-5,11-15H2,2H3/b25-23+. The van der Waals surface area contributed by atoms with E-state index in [4.69, 9.17) is 9.47 Å². The second-order valence-electron chi connectivity index (χ2n) is 8.56. The van der Waals surface area contributed by atoms with Crippen LogP contribution < -0.4 is 9.47 Å². The molecule has 8 heteroatoms. The number of aliphatic hydroxyl groups excluding tert-OH is 1. The van der Waals surface area contributed by atoms with Gasteiger partial charge in [-0.05, 0) is 61.8 Å². The van der Waals surface area contributed by atoms with Crippen LogP contribution in [0.15, 0.2) is 60.7 Å². The van der Waals surface area contributed by atoms with Crippen molar-refractivity contribution in [1.29, 1.82) is 0 Å². The summed E-state index contributed by atoms with van der Waals surface area (Å²) in [5.74, 6) is -1.89. The molecule has 0 spiro atoms. The van der Waals surface area contributed by atoms with Gasteiger partial charge >= 0.3 is 0 Å². The summed E-state index contributed by atoms with van der Waals surface area (Å²) in [7, 11) is 1.39. The zero-order chi connectivity index (χ0) is 24.9. The van der Waals surface area contributed by atoms with Crippen molar-refractivity contribution in [1.82, 2.24) is 9.80 Å². The number of aliphatic hydroxyl groups is 1. The maximum Gasteiger partial charge on any atom is 0.295 e. The molecule has 2 saturated heterocycles. The fraction of sp³-hybridized carbons (Fsp3) is 0.333. The SMILES string of the molecule is C=CCOc1cccc(C2/C(=C(\O)c3cc(F)ccc3OC)C(=O)C(=O)N2CCN2CCCC2)c1. The normalized spacial score (nSPS) is 19.8. The molecule has 1 amide bonds. The number of amides is 1. The average molecular weight is 481 g/mol. The highest BCUT2D eigenvalue weighted by Gasteiger charge is 2.46. The van der Waals surface area contributed by atoms with Crippen molar-refractivity contribution in [2.75, 3.05) is 39.9 Å². The molecule has 7 nitrogen and oxygen atoms in total. The van der Waals surface area contributed by atoms with E-state index in [1.54, 1.807) is 30.3 Å². The largest absolute Gasteiger partial charge is 0.507 e. The summed E-state index contributed by atoms with van der Waals surface area (Å²) in [5.41, 5.74) is 0.499. The molecule has 2 aliphatic rings. The highest BCUT2D eigenvalue weighted by molar-refractivity contribution is 6.46. The predicted octanol–water partition coefficient (Wildman–Crippen LogP) is 3.92. The molecule has 0 radical (unpaired) electrons. The number of rotatable bonds is 9. The molecular weight excluding hydrogens is 451 g/mol. The number of carbonyl (C=O) groups is 2. The monoisotopic (exact) mass is 480 g/mol. The van der Waals surface area contributed by atoms with Crippen LogP contribution in [0.5, 0.6) is 11.5 Å². The third-order valence-corrected chi connectivity index (χ3v) is 6.35. The zero-order valence-electron chi connectivity index (χ0n) is 19.7. The van der Waals surface area contributed by atoms with Gasteiger partial charge in [-0.3, -0.25) is 9.59 Å². The van der Waals surface area contributed by atoms with E-state index in [9.17, 15) is 19.1 Å². The lowest BCUT2D eigenvalue weighted by atomic mass is 9.94. The molecule has 0 saturated carbocycles. The maximum atomic E-state index is 14.1. The lowest BCUT2D eigenvalue weighted by molar-refractivity contribution is -0.140. The highest BCUT2D eigenvalue weighted by Crippen LogP contribution is 2.41. The molecule has 2 heterocycles. The van der Waals surface area contributed by atoms with E-state index < -0.39 is 29.3 Å². The molecule has 35 heavy (non-hydrogen) atoms. The van der Waals surface area contributed by atoms with Crippen molar-refractivity contribution in [3.8, 4) is 11.5 Å². The lowest BCUT2D eigenvalue weighted by Crippen LogP contribution is -2.37. The third-order valence-electron chi connectivity index (χ3n) is 6.35. The topological polar surface area (TPSA) is 79.3 Å². The van der Waals surface area contributed by atoms with Crippen molar-refractivity contribution < 1.29 is 28.6 Å². The summed E-state index contributed by atoms with van der Waals surface area (Å²) in [5, 5.41) is 11.3. The van der Waals surface area contributed by atoms with E-state index in [0.717, 1.165) is 32.0 Å². The molecular formula is C27H29FN2O5. The maximum absolute atomic E-state index is 14.1. The van der Waals surface area contributed by atoms with Crippen LogP contribution in [0.1, 0.15) is 30.0 Å². The van der Waals surface area contributed by atoms with Gasteiger partial charge in [0, 0.05) is 13.1 Å². The van der Waals surface area contributed by atoms with Crippen molar-refractivity contribution in [2.24, 2.45) is 0 Å². The highest BCUT2D eigenvalue weighted by atomic mass is 19.1. The first-order valence-electron chi connectivity index (χ1n) is 11.6. The first-order valence-corrected chi connectivity index (χ1v) is 11.6. The van der Waals surface area contributed by atoms with Gasteiger partial charge in [0.1, 0.15) is 29.7 Å². The fourth-order valence-corrected chi connectivity index (χ4v) is 4.65. The van der Waals surface area contributed by atoms with Gasteiger partial charge in [0.05, 0.1) is 24.3 Å². The van der Waals surface area contributed by atoms with Gasteiger partial charge in [-0.1, -0.05) is 24.8 Å². The lowest BCUT2D eigenvalue weighted by Gasteiger charge is -2.27. The molecule has 0 aromatic heterocycles. The van der Waals surface area contributed by atoms with Crippen LogP contribution in [0.3, 0.4) is 0 Å². The quantitative estimate of drug-likeness (QED) is 0.254. The van der Waals surface area contributed by atoms with E-state index in [-0.39, 0.29) is 16.9 Å². The van der Waals surface area contributed by atoms with Crippen LogP contribution in [-0.2, 0) is 9.59 Å². The van der Waals surface area contributed by atoms with Gasteiger partial charge in [-0.25, -0.2) is 4.39 Å². The van der Waals surface area contributed by atoms with E-state index >= 15 is 0 Å². The number of Topliss-reactive ketones (excluding diaryl/α,β-unsaturated/α-hetero) is 1. The smallest absolute Gasteiger partial charge is 0.295 e. The summed E-state index contributed by atoms with van der Waals surface area (Å²) < 4.78 is 25.0. The number of ether oxygens (including phenoxy) is 2. The minimum Gasteiger partial charge on any atom is -0.507 e. The summed E-state index contributed by atoms with van der Waals surface area (Å²) in [4.78, 5) is 30.2. The Kier molecular flexibility index (Phi) is 7.51. The van der Waals surface area contributed by atoms with Crippen LogP contribution in [0, 0.1) is 5.82 Å². The molecule has 2 aromatic carbocycles. The number of carbonyl (C=O) groups excluding carboxylic acids is 2. The Balaban J connectivity index is 1.81. The van der Waals surface area contributed by atoms with E-state index in [1.165, 1.54) is 24.1 Å². The Morgan fingerprint density at radius 3 is 2.66 bits per heavy atom. The fourth-order valence-electron chi connectivity index (χ4n) is 4.65. The number of ketones is 1. The van der Waals surface area contributed by atoms with Gasteiger partial charge in [-0.2, -0.15) is 0 Å². The number of benzene rings is 2. The third kappa shape index (κ3) is 5.07. The summed E-state index contributed by atoms with van der Waals surface area (Å²) >= 11 is 0. The minimum absolute atomic E-state index is 0.00843. The Morgan fingerprint density at radius 2 is 1.94 bits per heavy atom. The van der Waals surface area contributed by atoms with Crippen LogP contribution >= 0.6 is 0 Å². The van der Waals surface area contributed by atoms with Gasteiger partial charge < -0.3 is 24.4 Å². The summed E-state index contributed by atoms with van der Waals surface area (Å²) in [6.45, 7) is 6.75. The van der Waals surface area contributed by atoms with Crippen molar-refractivity contribution in [3.05, 3.63) is 77.6 Å². The molecule has 0 bridgehead atoms. The van der Waals surface area contributed by atoms with Gasteiger partial charge in [0.15, 0.2) is 0 Å². The second kappa shape index (κ2) is 10.7. The van der Waals surface area contributed by atoms with E-state index in [0.29, 0.717) is 31.0 Å². The molecule has 2 aromatic rings. The van der Waals surface area contributed by atoms with Crippen molar-refractivity contribution >= 4 is 17.4 Å². The van der Waals surface area contributed by atoms with Crippen molar-refractivity contribution in [2.45, 2.75) is 18.9 Å². The molecule has 1 N–H and O–H groups in total. The molecule has 1 atom stereocenters. The van der Waals surface area contributed by atoms with Crippen LogP contribution in [0.25, 0.3) is 5.76 Å². The second-order valence-corrected chi connectivity index (χ2v) is 8.56. The van der Waals surface area contributed by atoms with Crippen LogP contribution in [0.2, 0.25) is 0 Å². The van der Waals surface area contributed by atoms with Crippen molar-refractivity contribution in [3.63, 3.8) is 0 Å². The summed E-state index contributed by atoms with van der Waals surface area (Å²) in [6, 6.07) is 9.82. The molecule has 4 rings (SSSR count). The Morgan fingerprint density at radius 1 is 1.17 bits per heavy atom. The first-order chi connectivity index (χ1) is 16.9. The number of hydrogen-bond acceptors (Lipinski definition) is 6. The minimum atomic E-state index is -0.863. The van der Waals surface area contributed by atoms with E-state index in [2.05, 4.69) is 11.5 Å². The number of nitrogens with zero attached hydrogens (tertiary/aromatic N) is 2. The van der Waals surface area contributed by atoms with Gasteiger partial charge in [-0.15, -0.1) is 0 Å². The zero-order valence-corrected chi connectivity index (χ0v) is 19.7. The number of likely N-dealkylation sites (tertiary alicyclic amines) is 2. The molecule has 2 aliphatic heterocycles. The number of hydrogen-bond donors (Lipinski definition) is 1. The van der Waals surface area contributed by atoms with E-state index in [1.807, 2.05) is 0 Å². The molecule has 184 valence electrons. The molecule has 0 aliphatic carbocycles. The van der Waals surface area contributed by atoms with Gasteiger partial charge in [0.25, 0.3) is 11.7 Å².